The quantitative estimate of drug-likeness (QED) is 0.328. The van der Waals surface area contributed by atoms with Gasteiger partial charge in [-0.05, 0) is 0 Å². The van der Waals surface area contributed by atoms with Crippen molar-refractivity contribution in [1.82, 2.24) is 30.9 Å². The number of hydrazine groups is 1. The number of cyclic esters (lactones) is 1. The van der Waals surface area contributed by atoms with Gasteiger partial charge in [-0.25, -0.2) is 28.9 Å². The van der Waals surface area contributed by atoms with Crippen LogP contribution in [0.25, 0.3) is 0 Å². The SMILES string of the molecule is Nc1nc(NC(=O)N2CCN(c3c(F)cc(N4C[C@H](CNC(=O)C(F)F)OC4=O)cc3F)CCN2)n[nH]1. The molecule has 2 saturated heterocycles. The molecule has 0 aliphatic carbocycles. The van der Waals surface area contributed by atoms with Crippen LogP contribution >= 0.6 is 0 Å². The first-order valence-corrected chi connectivity index (χ1v) is 10.9. The first-order valence-electron chi connectivity index (χ1n) is 10.9. The number of hydrogen-bond donors (Lipinski definition) is 5. The van der Waals surface area contributed by atoms with E-state index in [0.29, 0.717) is 0 Å². The Morgan fingerprint density at radius 3 is 2.59 bits per heavy atom. The number of nitrogens with one attached hydrogen (secondary N) is 4. The average Bonchev–Trinajstić information content (AvgIpc) is 3.32. The number of rotatable bonds is 6. The molecule has 0 bridgehead atoms. The lowest BCUT2D eigenvalue weighted by molar-refractivity contribution is -0.132. The van der Waals surface area contributed by atoms with Gasteiger partial charge in [0.25, 0.3) is 11.9 Å². The van der Waals surface area contributed by atoms with Gasteiger partial charge in [0.15, 0.2) is 11.6 Å². The monoisotopic (exact) mass is 530 g/mol. The van der Waals surface area contributed by atoms with E-state index in [-0.39, 0.29) is 62.5 Å². The van der Waals surface area contributed by atoms with Crippen molar-refractivity contribution in [1.29, 1.82) is 0 Å². The summed E-state index contributed by atoms with van der Waals surface area (Å²) in [7, 11) is 0. The van der Waals surface area contributed by atoms with Gasteiger partial charge in [0.2, 0.25) is 5.95 Å². The van der Waals surface area contributed by atoms with Crippen LogP contribution in [0.2, 0.25) is 0 Å². The van der Waals surface area contributed by atoms with Crippen LogP contribution in [0.15, 0.2) is 12.1 Å². The van der Waals surface area contributed by atoms with Crippen LogP contribution in [0, 0.1) is 11.6 Å². The van der Waals surface area contributed by atoms with E-state index in [4.69, 9.17) is 10.5 Å². The second-order valence-corrected chi connectivity index (χ2v) is 7.94. The summed E-state index contributed by atoms with van der Waals surface area (Å²) in [5, 5.41) is 11.6. The van der Waals surface area contributed by atoms with Crippen LogP contribution in [0.1, 0.15) is 0 Å². The van der Waals surface area contributed by atoms with Gasteiger partial charge >= 0.3 is 18.5 Å². The lowest BCUT2D eigenvalue weighted by atomic mass is 10.2. The fourth-order valence-electron chi connectivity index (χ4n) is 3.76. The van der Waals surface area contributed by atoms with E-state index in [1.807, 2.05) is 5.32 Å². The maximum atomic E-state index is 15.0. The van der Waals surface area contributed by atoms with Crippen molar-refractivity contribution in [2.24, 2.45) is 0 Å². The molecule has 37 heavy (non-hydrogen) atoms. The highest BCUT2D eigenvalue weighted by Crippen LogP contribution is 2.31. The van der Waals surface area contributed by atoms with Crippen LogP contribution in [0.3, 0.4) is 0 Å². The lowest BCUT2D eigenvalue weighted by Crippen LogP contribution is -2.46. The molecule has 200 valence electrons. The van der Waals surface area contributed by atoms with E-state index in [2.05, 4.69) is 25.9 Å². The Bertz CT molecular complexity index is 1160. The fourth-order valence-corrected chi connectivity index (χ4v) is 3.76. The Morgan fingerprint density at radius 2 is 1.95 bits per heavy atom. The number of nitrogen functional groups attached to an aromatic ring is 1. The predicted octanol–water partition coefficient (Wildman–Crippen LogP) is 0.230. The fraction of sp³-hybridized carbons (Fsp3) is 0.421. The Morgan fingerprint density at radius 1 is 1.22 bits per heavy atom. The summed E-state index contributed by atoms with van der Waals surface area (Å²) < 4.78 is 59.7. The van der Waals surface area contributed by atoms with Crippen LogP contribution < -0.4 is 31.6 Å². The van der Waals surface area contributed by atoms with Crippen molar-refractivity contribution < 1.29 is 36.7 Å². The Hall–Kier alpha value is -4.35. The van der Waals surface area contributed by atoms with Gasteiger partial charge in [0.1, 0.15) is 11.8 Å². The third-order valence-corrected chi connectivity index (χ3v) is 5.45. The molecule has 2 fully saturated rings. The molecule has 4 rings (SSSR count). The highest BCUT2D eigenvalue weighted by Gasteiger charge is 2.34. The number of amides is 4. The molecule has 1 aromatic carbocycles. The number of anilines is 4. The summed E-state index contributed by atoms with van der Waals surface area (Å²) in [5.74, 6) is -3.49. The third kappa shape index (κ3) is 5.90. The number of nitrogens with two attached hydrogens (primary N) is 1. The summed E-state index contributed by atoms with van der Waals surface area (Å²) in [4.78, 5) is 41.7. The minimum atomic E-state index is -3.23. The van der Waals surface area contributed by atoms with Crippen LogP contribution in [-0.4, -0.2) is 90.0 Å². The number of benzene rings is 1. The van der Waals surface area contributed by atoms with Gasteiger partial charge in [-0.2, -0.15) is 13.8 Å². The smallest absolute Gasteiger partial charge is 0.414 e. The molecule has 2 aliphatic rings. The van der Waals surface area contributed by atoms with Crippen molar-refractivity contribution in [2.75, 3.05) is 60.1 Å². The zero-order valence-corrected chi connectivity index (χ0v) is 19.0. The first-order chi connectivity index (χ1) is 17.6. The predicted molar refractivity (Wildman–Crippen MR) is 120 cm³/mol. The molecular weight excluding hydrogens is 508 g/mol. The van der Waals surface area contributed by atoms with E-state index < -0.39 is 42.2 Å². The summed E-state index contributed by atoms with van der Waals surface area (Å²) in [6, 6.07) is 1.27. The van der Waals surface area contributed by atoms with Gasteiger partial charge in [-0.15, -0.1) is 5.10 Å². The average molecular weight is 530 g/mol. The normalized spacial score (nSPS) is 18.1. The number of halogens is 4. The molecular formula is C19H22F4N10O4. The van der Waals surface area contributed by atoms with E-state index in [0.717, 1.165) is 17.0 Å². The number of nitrogens with zero attached hydrogens (tertiary/aromatic N) is 5. The molecule has 0 unspecified atom stereocenters. The first kappa shape index (κ1) is 25.7. The van der Waals surface area contributed by atoms with E-state index in [1.54, 1.807) is 0 Å². The number of aromatic amines is 1. The largest absolute Gasteiger partial charge is 0.442 e. The molecule has 1 atom stereocenters. The molecule has 6 N–H and O–H groups in total. The van der Waals surface area contributed by atoms with Gasteiger partial charge in [0, 0.05) is 31.8 Å². The maximum absolute atomic E-state index is 15.0. The zero-order chi connectivity index (χ0) is 26.7. The molecule has 0 radical (unpaired) electrons. The topological polar surface area (TPSA) is 174 Å². The lowest BCUT2D eigenvalue weighted by Gasteiger charge is -2.25. The highest BCUT2D eigenvalue weighted by atomic mass is 19.3. The van der Waals surface area contributed by atoms with Crippen LogP contribution in [-0.2, 0) is 9.53 Å². The third-order valence-electron chi connectivity index (χ3n) is 5.45. The van der Waals surface area contributed by atoms with E-state index in [9.17, 15) is 23.2 Å². The van der Waals surface area contributed by atoms with Crippen LogP contribution in [0.4, 0.5) is 50.4 Å². The Kier molecular flexibility index (Phi) is 7.46. The van der Waals surface area contributed by atoms with E-state index in [1.165, 1.54) is 9.91 Å². The number of carbonyl (C=O) groups excluding carboxylic acids is 3. The number of hydrogen-bond acceptors (Lipinski definition) is 9. The van der Waals surface area contributed by atoms with Gasteiger partial charge in [-0.1, -0.05) is 0 Å². The number of H-pyrrole nitrogens is 1. The number of aromatic nitrogens is 3. The molecule has 2 aliphatic heterocycles. The standard InChI is InChI=1S/C19H22F4N10O4/c20-11-5-9(32-8-10(37-19(32)36)7-25-15(34)14(22)23)6-12(21)13(11)31-2-1-26-33(4-3-31)18(35)28-17-27-16(24)29-30-17/h5-6,10,14,26H,1-4,7-8H2,(H,25,34)(H4,24,27,28,29,30,35)/t10-/m0/s1. The van der Waals surface area contributed by atoms with Crippen molar-refractivity contribution in [3.05, 3.63) is 23.8 Å². The molecule has 4 amide bonds. The second kappa shape index (κ2) is 10.7. The van der Waals surface area contributed by atoms with Crippen LogP contribution in [0.5, 0.6) is 0 Å². The molecule has 2 aromatic rings. The number of carbonyl (C=O) groups is 3. The van der Waals surface area contributed by atoms with Gasteiger partial charge in [0.05, 0.1) is 25.3 Å². The van der Waals surface area contributed by atoms with E-state index >= 15 is 8.78 Å². The highest BCUT2D eigenvalue weighted by molar-refractivity contribution is 5.90. The minimum absolute atomic E-state index is 0.0101. The Labute approximate surface area is 206 Å². The minimum Gasteiger partial charge on any atom is -0.442 e. The zero-order valence-electron chi connectivity index (χ0n) is 19.0. The number of urea groups is 1. The van der Waals surface area contributed by atoms with Gasteiger partial charge < -0.3 is 20.7 Å². The van der Waals surface area contributed by atoms with Crippen molar-refractivity contribution in [3.8, 4) is 0 Å². The second-order valence-electron chi connectivity index (χ2n) is 7.94. The molecule has 0 spiro atoms. The summed E-state index contributed by atoms with van der Waals surface area (Å²) in [5.41, 5.74) is 7.74. The van der Waals surface area contributed by atoms with Crippen molar-refractivity contribution >= 4 is 41.3 Å². The molecule has 18 heteroatoms. The molecule has 0 saturated carbocycles. The molecule has 1 aromatic heterocycles. The Balaban J connectivity index is 1.39. The van der Waals surface area contributed by atoms with Gasteiger partial charge in [-0.3, -0.25) is 20.0 Å². The summed E-state index contributed by atoms with van der Waals surface area (Å²) in [6.07, 6.45) is -5.16. The summed E-state index contributed by atoms with van der Waals surface area (Å²) in [6.45, 7) is -0.202. The number of alkyl halides is 2. The number of ether oxygens (including phenoxy) is 1. The molecule has 3 heterocycles. The molecule has 14 nitrogen and oxygen atoms in total. The maximum Gasteiger partial charge on any atom is 0.414 e. The summed E-state index contributed by atoms with van der Waals surface area (Å²) >= 11 is 0. The van der Waals surface area contributed by atoms with Crippen molar-refractivity contribution in [2.45, 2.75) is 12.5 Å². The van der Waals surface area contributed by atoms with Crippen molar-refractivity contribution in [3.63, 3.8) is 0 Å².